The van der Waals surface area contributed by atoms with E-state index in [1.54, 1.807) is 0 Å². The molecule has 3 heterocycles. The molecule has 5 nitrogen and oxygen atoms in total. The third-order valence-electron chi connectivity index (χ3n) is 11.3. The maximum Gasteiger partial charge on any atom is 0.137 e. The zero-order valence-electron chi connectivity index (χ0n) is 33.0. The lowest BCUT2D eigenvalue weighted by atomic mass is 9.72. The Kier molecular flexibility index (Phi) is 9.29. The Bertz CT molecular complexity index is 2510. The first-order valence-electron chi connectivity index (χ1n) is 19.7. The molecule has 0 bridgehead atoms. The van der Waals surface area contributed by atoms with E-state index in [0.29, 0.717) is 17.8 Å². The van der Waals surface area contributed by atoms with Crippen molar-refractivity contribution in [2.24, 2.45) is 11.8 Å². The zero-order valence-corrected chi connectivity index (χ0v) is 33.0. The van der Waals surface area contributed by atoms with Crippen molar-refractivity contribution in [3.63, 3.8) is 0 Å². The van der Waals surface area contributed by atoms with Gasteiger partial charge in [0, 0.05) is 46.1 Å². The maximum atomic E-state index is 6.89. The Morgan fingerprint density at radius 3 is 2.31 bits per heavy atom. The maximum absolute atomic E-state index is 6.89. The molecule has 7 aromatic rings. The van der Waals surface area contributed by atoms with Crippen molar-refractivity contribution in [1.29, 1.82) is 0 Å². The number of para-hydroxylation sites is 1. The zero-order chi connectivity index (χ0) is 37.7. The first kappa shape index (κ1) is 35.6. The fourth-order valence-electron chi connectivity index (χ4n) is 8.90. The smallest absolute Gasteiger partial charge is 0.137 e. The second-order valence-corrected chi connectivity index (χ2v) is 16.6. The summed E-state index contributed by atoms with van der Waals surface area (Å²) in [6.07, 6.45) is 7.68. The van der Waals surface area contributed by atoms with Crippen LogP contribution in [0, 0.1) is 18.8 Å². The van der Waals surface area contributed by atoms with Gasteiger partial charge >= 0.3 is 0 Å². The van der Waals surface area contributed by atoms with Crippen molar-refractivity contribution < 1.29 is 4.74 Å². The third kappa shape index (κ3) is 6.55. The van der Waals surface area contributed by atoms with Gasteiger partial charge in [-0.25, -0.2) is 9.67 Å². The van der Waals surface area contributed by atoms with Crippen molar-refractivity contribution in [3.05, 3.63) is 143 Å². The van der Waals surface area contributed by atoms with Crippen molar-refractivity contribution in [1.82, 2.24) is 19.3 Å². The molecule has 4 aromatic carbocycles. The quantitative estimate of drug-likeness (QED) is 0.147. The number of rotatable bonds is 8. The average Bonchev–Trinajstić information content (AvgIpc) is 3.65. The number of allylic oxidation sites excluding steroid dienone is 2. The van der Waals surface area contributed by atoms with Crippen LogP contribution in [0.4, 0.5) is 0 Å². The van der Waals surface area contributed by atoms with Crippen molar-refractivity contribution in [2.45, 2.75) is 86.0 Å². The summed E-state index contributed by atoms with van der Waals surface area (Å²) >= 11 is 0. The highest BCUT2D eigenvalue weighted by atomic mass is 16.5. The van der Waals surface area contributed by atoms with Crippen LogP contribution in [0.5, 0.6) is 11.5 Å². The number of pyridine rings is 1. The normalized spacial score (nSPS) is 17.6. The second kappa shape index (κ2) is 14.1. The summed E-state index contributed by atoms with van der Waals surface area (Å²) in [5.41, 5.74) is 11.7. The van der Waals surface area contributed by atoms with E-state index >= 15 is 0 Å². The molecule has 274 valence electrons. The van der Waals surface area contributed by atoms with Gasteiger partial charge < -0.3 is 4.74 Å². The number of ether oxygens (including phenoxy) is 1. The Morgan fingerprint density at radius 2 is 1.56 bits per heavy atom. The molecule has 5 heteroatoms. The predicted octanol–water partition coefficient (Wildman–Crippen LogP) is 13.1. The molecule has 0 spiro atoms. The van der Waals surface area contributed by atoms with Gasteiger partial charge in [-0.2, -0.15) is 5.10 Å². The number of aryl methyl sites for hydroxylation is 2. The number of hydrogen-bond donors (Lipinski definition) is 0. The van der Waals surface area contributed by atoms with E-state index in [9.17, 15) is 0 Å². The highest BCUT2D eigenvalue weighted by molar-refractivity contribution is 6.09. The largest absolute Gasteiger partial charge is 0.457 e. The van der Waals surface area contributed by atoms with Crippen LogP contribution in [-0.4, -0.2) is 19.3 Å². The standard InChI is InChI=1S/C49H52N4O/c1-9-15-35-22-23-50-45(26-35)52-43-19-14-13-18-41(43)42-21-20-39(30-44(42)52)54-40-28-37(49(6,7)8)27-38(29-40)53-48(36-16-11-10-12-17-36)47(34(5)51-53)46-32(3)24-31(2)25-33(46)4/h10-14,16-24,26-31,33,46H,9,15,25H2,1-8H3/t31-,33-,46?/m0/s1. The minimum atomic E-state index is -0.120. The molecular formula is C49H52N4O. The number of nitrogens with zero attached hydrogens (tertiary/aromatic N) is 4. The first-order chi connectivity index (χ1) is 26.0. The number of hydrogen-bond acceptors (Lipinski definition) is 3. The fourth-order valence-corrected chi connectivity index (χ4v) is 8.90. The number of benzene rings is 4. The number of fused-ring (bicyclic) bond motifs is 3. The van der Waals surface area contributed by atoms with E-state index in [1.807, 2.05) is 6.20 Å². The van der Waals surface area contributed by atoms with E-state index in [4.69, 9.17) is 14.8 Å². The van der Waals surface area contributed by atoms with Crippen LogP contribution < -0.4 is 4.74 Å². The molecule has 1 aliphatic rings. The molecule has 1 aliphatic carbocycles. The van der Waals surface area contributed by atoms with Gasteiger partial charge in [0.2, 0.25) is 0 Å². The molecule has 0 fully saturated rings. The second-order valence-electron chi connectivity index (χ2n) is 16.6. The van der Waals surface area contributed by atoms with Crippen LogP contribution in [-0.2, 0) is 11.8 Å². The summed E-state index contributed by atoms with van der Waals surface area (Å²) in [6.45, 7) is 18.2. The Hall–Kier alpha value is -5.42. The summed E-state index contributed by atoms with van der Waals surface area (Å²) in [7, 11) is 0. The van der Waals surface area contributed by atoms with Gasteiger partial charge in [0.05, 0.1) is 28.1 Å². The van der Waals surface area contributed by atoms with Crippen LogP contribution in [0.15, 0.2) is 121 Å². The van der Waals surface area contributed by atoms with E-state index in [1.165, 1.54) is 45.0 Å². The molecule has 54 heavy (non-hydrogen) atoms. The molecule has 8 rings (SSSR count). The fraction of sp³-hybridized carbons (Fsp3) is 0.306. The topological polar surface area (TPSA) is 44.9 Å². The summed E-state index contributed by atoms with van der Waals surface area (Å²) in [6, 6.07) is 36.8. The molecule has 0 aliphatic heterocycles. The lowest BCUT2D eigenvalue weighted by Crippen LogP contribution is -2.20. The van der Waals surface area contributed by atoms with E-state index < -0.39 is 0 Å². The van der Waals surface area contributed by atoms with Gasteiger partial charge in [-0.1, -0.05) is 108 Å². The first-order valence-corrected chi connectivity index (χ1v) is 19.7. The van der Waals surface area contributed by atoms with E-state index in [-0.39, 0.29) is 5.41 Å². The van der Waals surface area contributed by atoms with Crippen LogP contribution in [0.2, 0.25) is 0 Å². The predicted molar refractivity (Wildman–Crippen MR) is 225 cm³/mol. The summed E-state index contributed by atoms with van der Waals surface area (Å²) in [4.78, 5) is 4.86. The molecular weight excluding hydrogens is 661 g/mol. The highest BCUT2D eigenvalue weighted by Crippen LogP contribution is 2.46. The van der Waals surface area contributed by atoms with Crippen LogP contribution >= 0.6 is 0 Å². The highest BCUT2D eigenvalue weighted by Gasteiger charge is 2.33. The van der Waals surface area contributed by atoms with Crippen molar-refractivity contribution >= 4 is 21.8 Å². The Morgan fingerprint density at radius 1 is 0.796 bits per heavy atom. The number of aromatic nitrogens is 4. The van der Waals surface area contributed by atoms with Crippen LogP contribution in [0.25, 0.3) is 44.6 Å². The lowest BCUT2D eigenvalue weighted by Gasteiger charge is -2.32. The van der Waals surface area contributed by atoms with Gasteiger partial charge in [-0.05, 0) is 97.5 Å². The molecule has 0 saturated heterocycles. The average molecular weight is 713 g/mol. The molecule has 1 unspecified atom stereocenters. The van der Waals surface area contributed by atoms with Gasteiger partial charge in [-0.3, -0.25) is 4.57 Å². The van der Waals surface area contributed by atoms with E-state index in [2.05, 4.69) is 174 Å². The van der Waals surface area contributed by atoms with Crippen LogP contribution in [0.3, 0.4) is 0 Å². The Balaban J connectivity index is 1.28. The van der Waals surface area contributed by atoms with Gasteiger partial charge in [0.1, 0.15) is 17.3 Å². The lowest BCUT2D eigenvalue weighted by molar-refractivity contribution is 0.391. The summed E-state index contributed by atoms with van der Waals surface area (Å²) < 4.78 is 11.3. The van der Waals surface area contributed by atoms with E-state index in [0.717, 1.165) is 58.3 Å². The Labute approximate surface area is 320 Å². The minimum Gasteiger partial charge on any atom is -0.457 e. The SMILES string of the molecule is CCCc1ccnc(-n2c3ccccc3c3ccc(Oc4cc(-n5nc(C)c(C6C(C)=C[C@H](C)C[C@@H]6C)c5-c5ccccc5)cc(C(C)(C)C)c4)cc32)c1. The van der Waals surface area contributed by atoms with Crippen LogP contribution in [0.1, 0.15) is 89.6 Å². The van der Waals surface area contributed by atoms with Crippen molar-refractivity contribution in [3.8, 4) is 34.3 Å². The monoisotopic (exact) mass is 712 g/mol. The molecule has 0 N–H and O–H groups in total. The summed E-state index contributed by atoms with van der Waals surface area (Å²) in [5.74, 6) is 3.89. The molecule has 3 aromatic heterocycles. The third-order valence-corrected chi connectivity index (χ3v) is 11.3. The van der Waals surface area contributed by atoms with Gasteiger partial charge in [0.15, 0.2) is 0 Å². The van der Waals surface area contributed by atoms with Gasteiger partial charge in [0.25, 0.3) is 0 Å². The molecule has 0 saturated carbocycles. The van der Waals surface area contributed by atoms with Gasteiger partial charge in [-0.15, -0.1) is 0 Å². The molecule has 0 amide bonds. The molecule has 0 radical (unpaired) electrons. The molecule has 3 atom stereocenters. The minimum absolute atomic E-state index is 0.120. The van der Waals surface area contributed by atoms with Crippen molar-refractivity contribution in [2.75, 3.05) is 0 Å². The summed E-state index contributed by atoms with van der Waals surface area (Å²) in [5, 5.41) is 7.72.